The minimum Gasteiger partial charge on any atom is -0.488 e. The molecule has 0 spiro atoms. The Hall–Kier alpha value is -7.49. The molecule has 0 fully saturated rings. The average molecular weight is 950 g/mol. The highest BCUT2D eigenvalue weighted by molar-refractivity contribution is 8.15. The maximum Gasteiger partial charge on any atom is 0.346 e. The number of thioether (sulfide) groups is 1. The Morgan fingerprint density at radius 1 is 0.642 bits per heavy atom. The van der Waals surface area contributed by atoms with Crippen LogP contribution in [-0.2, 0) is 66.8 Å². The molecule has 5 rings (SSSR count). The lowest BCUT2D eigenvalue weighted by Crippen LogP contribution is -2.38. The first kappa shape index (κ1) is 50.5. The molecule has 3 aromatic rings. The van der Waals surface area contributed by atoms with Crippen LogP contribution in [0.2, 0.25) is 0 Å². The number of ether oxygens (including phenoxy) is 8. The van der Waals surface area contributed by atoms with Gasteiger partial charge in [0.25, 0.3) is 0 Å². The Labute approximate surface area is 386 Å². The maximum absolute atomic E-state index is 13.5. The number of benzene rings is 2. The normalized spacial score (nSPS) is 14.5. The van der Waals surface area contributed by atoms with Crippen molar-refractivity contribution in [1.29, 1.82) is 0 Å². The highest BCUT2D eigenvalue weighted by Gasteiger charge is 2.31. The van der Waals surface area contributed by atoms with Crippen LogP contribution in [0.25, 0.3) is 11.0 Å². The maximum atomic E-state index is 13.5. The third-order valence-electron chi connectivity index (χ3n) is 9.22. The molecule has 0 bridgehead atoms. The molecule has 0 saturated carbocycles. The third kappa shape index (κ3) is 15.6. The summed E-state index contributed by atoms with van der Waals surface area (Å²) >= 11 is 1.40. The van der Waals surface area contributed by atoms with Crippen molar-refractivity contribution in [2.75, 3.05) is 76.0 Å². The van der Waals surface area contributed by atoms with Gasteiger partial charge >= 0.3 is 41.4 Å². The zero-order chi connectivity index (χ0) is 48.6. The predicted molar refractivity (Wildman–Crippen MR) is 238 cm³/mol. The number of rotatable bonds is 24. The number of nitrogens with zero attached hydrogens (tertiary/aromatic N) is 3. The molecule has 21 nitrogen and oxygen atoms in total. The van der Waals surface area contributed by atoms with Crippen molar-refractivity contribution >= 4 is 86.5 Å². The second kappa shape index (κ2) is 24.2. The predicted octanol–water partition coefficient (Wildman–Crippen LogP) is 2.92. The second-order valence-electron chi connectivity index (χ2n) is 14.6. The number of carbonyl (C=O) groups excluding carboxylic acids is 8. The van der Waals surface area contributed by atoms with E-state index in [1.54, 1.807) is 31.2 Å². The van der Waals surface area contributed by atoms with Crippen molar-refractivity contribution in [3.63, 3.8) is 0 Å². The number of fused-ring (bicyclic) bond motifs is 2. The molecule has 0 radical (unpaired) electrons. The molecule has 1 aliphatic heterocycles. The van der Waals surface area contributed by atoms with E-state index in [2.05, 4.69) is 0 Å². The smallest absolute Gasteiger partial charge is 0.346 e. The van der Waals surface area contributed by atoms with Gasteiger partial charge in [0.15, 0.2) is 24.8 Å². The van der Waals surface area contributed by atoms with Gasteiger partial charge in [0.1, 0.15) is 48.4 Å². The van der Waals surface area contributed by atoms with Crippen LogP contribution in [0.3, 0.4) is 0 Å². The van der Waals surface area contributed by atoms with E-state index in [0.29, 0.717) is 16.0 Å². The van der Waals surface area contributed by atoms with Gasteiger partial charge in [-0.1, -0.05) is 42.1 Å². The standard InChI is InChI=1S/C45H47N3O18S/c1-26-10-11-36(48(20-42(55)64-24-62-29(4)51)21-43(56)65-25-63-30(5)52)39(14-26)58-12-13-59-40-16-31-15-34(44-46-35-8-6-7-9-41(35)67-44)45(57)66-38(31)17-37(40)47(18-32(53)22-60-27(2)49)19-33(54)23-61-28(3)50/h6-11,14-17,35,41H,12-13,18-25H2,1-5H3. The fourth-order valence-corrected chi connectivity index (χ4v) is 7.44. The van der Waals surface area contributed by atoms with Crippen LogP contribution in [0, 0.1) is 6.92 Å². The molecule has 1 aliphatic carbocycles. The van der Waals surface area contributed by atoms with E-state index >= 15 is 0 Å². The van der Waals surface area contributed by atoms with Gasteiger partial charge in [0.05, 0.1) is 41.3 Å². The van der Waals surface area contributed by atoms with Gasteiger partial charge in [-0.25, -0.2) is 4.79 Å². The van der Waals surface area contributed by atoms with Gasteiger partial charge in [-0.3, -0.25) is 43.3 Å². The van der Waals surface area contributed by atoms with Crippen LogP contribution in [0.1, 0.15) is 38.8 Å². The molecule has 67 heavy (non-hydrogen) atoms. The molecular formula is C45H47N3O18S. The number of allylic oxidation sites excluding steroid dienone is 2. The Bertz CT molecular complexity index is 2480. The van der Waals surface area contributed by atoms with Crippen molar-refractivity contribution < 1.29 is 80.7 Å². The highest BCUT2D eigenvalue weighted by Crippen LogP contribution is 2.37. The molecule has 356 valence electrons. The first-order valence-corrected chi connectivity index (χ1v) is 21.3. The number of aryl methyl sites for hydroxylation is 1. The van der Waals surface area contributed by atoms with Gasteiger partial charge in [-0.05, 0) is 36.8 Å². The number of esters is 6. The molecule has 2 aromatic carbocycles. The fraction of sp³-hybridized carbons (Fsp3) is 0.378. The zero-order valence-corrected chi connectivity index (χ0v) is 37.9. The monoisotopic (exact) mass is 949 g/mol. The lowest BCUT2D eigenvalue weighted by atomic mass is 10.1. The number of aliphatic imine (C=N–C) groups is 1. The molecule has 2 heterocycles. The molecule has 2 atom stereocenters. The van der Waals surface area contributed by atoms with Gasteiger partial charge in [-0.15, -0.1) is 0 Å². The van der Waals surface area contributed by atoms with E-state index in [-0.39, 0.29) is 58.5 Å². The van der Waals surface area contributed by atoms with Crippen LogP contribution in [-0.4, -0.2) is 130 Å². The zero-order valence-electron chi connectivity index (χ0n) is 37.1. The van der Waals surface area contributed by atoms with Crippen LogP contribution in [0.4, 0.5) is 11.4 Å². The fourth-order valence-electron chi connectivity index (χ4n) is 6.27. The SMILES string of the molecule is CC(=O)OCOC(=O)CN(CC(=O)OCOC(C)=O)c1ccc(C)cc1OCCOc1cc2cc(C3=NC4C=CC=CC4S3)c(=O)oc2cc1N(CC(=O)COC(C)=O)CC(=O)COC(C)=O. The number of hydrogen-bond donors (Lipinski definition) is 0. The van der Waals surface area contributed by atoms with Crippen LogP contribution in [0.5, 0.6) is 11.5 Å². The number of Topliss-reactive ketones (excluding diaryl/α,β-unsaturated/α-hetero) is 2. The van der Waals surface area contributed by atoms with Gasteiger partial charge in [0.2, 0.25) is 13.6 Å². The largest absolute Gasteiger partial charge is 0.488 e. The summed E-state index contributed by atoms with van der Waals surface area (Å²) in [5, 5.41) is 0.838. The van der Waals surface area contributed by atoms with Crippen LogP contribution < -0.4 is 24.9 Å². The van der Waals surface area contributed by atoms with Crippen molar-refractivity contribution in [2.24, 2.45) is 4.99 Å². The molecule has 0 N–H and O–H groups in total. The Balaban J connectivity index is 1.47. The van der Waals surface area contributed by atoms with Gasteiger partial charge < -0.3 is 52.1 Å². The van der Waals surface area contributed by atoms with Gasteiger partial charge in [-0.2, -0.15) is 0 Å². The summed E-state index contributed by atoms with van der Waals surface area (Å²) in [6, 6.07) is 9.24. The Morgan fingerprint density at radius 3 is 1.73 bits per heavy atom. The summed E-state index contributed by atoms with van der Waals surface area (Å²) in [5.74, 6) is -5.59. The quantitative estimate of drug-likeness (QED) is 0.0411. The molecule has 2 unspecified atom stereocenters. The summed E-state index contributed by atoms with van der Waals surface area (Å²) < 4.78 is 47.4. The minimum atomic E-state index is -0.889. The average Bonchev–Trinajstić information content (AvgIpc) is 3.69. The third-order valence-corrected chi connectivity index (χ3v) is 10.5. The van der Waals surface area contributed by atoms with E-state index in [9.17, 15) is 43.2 Å². The van der Waals surface area contributed by atoms with E-state index in [1.165, 1.54) is 33.7 Å². The Morgan fingerprint density at radius 2 is 1.18 bits per heavy atom. The number of hydrogen-bond acceptors (Lipinski definition) is 22. The van der Waals surface area contributed by atoms with E-state index in [4.69, 9.17) is 47.3 Å². The summed E-state index contributed by atoms with van der Waals surface area (Å²) in [4.78, 5) is 118. The Kier molecular flexibility index (Phi) is 18.2. The van der Waals surface area contributed by atoms with E-state index < -0.39 is 106 Å². The topological polar surface area (TPSA) is 259 Å². The first-order chi connectivity index (χ1) is 31.9. The first-order valence-electron chi connectivity index (χ1n) is 20.4. The second-order valence-corrected chi connectivity index (χ2v) is 15.8. The van der Waals surface area contributed by atoms with Crippen LogP contribution in [0.15, 0.2) is 74.9 Å². The lowest BCUT2D eigenvalue weighted by molar-refractivity contribution is -0.165. The van der Waals surface area contributed by atoms with E-state index in [1.807, 2.05) is 24.3 Å². The van der Waals surface area contributed by atoms with Crippen molar-refractivity contribution in [3.05, 3.63) is 82.2 Å². The number of carbonyl (C=O) groups is 8. The van der Waals surface area contributed by atoms with Gasteiger partial charge in [0, 0.05) is 39.1 Å². The lowest BCUT2D eigenvalue weighted by Gasteiger charge is -2.26. The van der Waals surface area contributed by atoms with Crippen molar-refractivity contribution in [3.8, 4) is 11.5 Å². The summed E-state index contributed by atoms with van der Waals surface area (Å²) in [7, 11) is 0. The van der Waals surface area contributed by atoms with Crippen molar-refractivity contribution in [1.82, 2.24) is 0 Å². The number of ketones is 2. The highest BCUT2D eigenvalue weighted by atomic mass is 32.2. The van der Waals surface area contributed by atoms with Crippen LogP contribution >= 0.6 is 11.8 Å². The van der Waals surface area contributed by atoms with Crippen molar-refractivity contribution in [2.45, 2.75) is 45.9 Å². The minimum absolute atomic E-state index is 0.0118. The van der Waals surface area contributed by atoms with E-state index in [0.717, 1.165) is 27.7 Å². The molecule has 1 aromatic heterocycles. The molecule has 22 heteroatoms. The summed E-state index contributed by atoms with van der Waals surface area (Å²) in [5.41, 5.74) is 0.581. The molecule has 0 amide bonds. The number of anilines is 2. The summed E-state index contributed by atoms with van der Waals surface area (Å²) in [6.07, 6.45) is 7.68. The molecular weight excluding hydrogens is 903 g/mol. The summed E-state index contributed by atoms with van der Waals surface area (Å²) in [6.45, 7) is 1.11. The molecule has 0 saturated heterocycles. The molecule has 2 aliphatic rings.